The molecule has 0 atom stereocenters. The number of nitrogens with zero attached hydrogens (tertiary/aromatic N) is 1. The summed E-state index contributed by atoms with van der Waals surface area (Å²) in [6, 6.07) is 1.68. The fourth-order valence-electron chi connectivity index (χ4n) is 1.13. The largest absolute Gasteiger partial charge is 0.491 e. The fraction of sp³-hybridized carbons (Fsp3) is 0.300. The smallest absolute Gasteiger partial charge is 0.257 e. The quantitative estimate of drug-likeness (QED) is 0.662. The maximum atomic E-state index is 5.76. The van der Waals surface area contributed by atoms with E-state index in [1.165, 1.54) is 7.11 Å². The number of aromatic nitrogens is 1. The Morgan fingerprint density at radius 2 is 2.07 bits per heavy atom. The van der Waals surface area contributed by atoms with Gasteiger partial charge in [0.2, 0.25) is 0 Å². The van der Waals surface area contributed by atoms with Crippen LogP contribution < -0.4 is 14.9 Å². The molecular formula is C10H12BNO2. The van der Waals surface area contributed by atoms with Gasteiger partial charge >= 0.3 is 0 Å². The van der Waals surface area contributed by atoms with Crippen LogP contribution in [0.5, 0.6) is 11.6 Å². The molecule has 0 saturated heterocycles. The standard InChI is InChI=1S/C10H12BNO2/c1-6(2)9-7(11)5-8(13-3)10(12-9)14-4/h5H,1H2,2-4H3. The Balaban J connectivity index is 3.30. The summed E-state index contributed by atoms with van der Waals surface area (Å²) in [5.41, 5.74) is 1.97. The summed E-state index contributed by atoms with van der Waals surface area (Å²) < 4.78 is 10.1. The molecule has 0 aliphatic rings. The van der Waals surface area contributed by atoms with Crippen LogP contribution in [-0.2, 0) is 0 Å². The van der Waals surface area contributed by atoms with E-state index in [9.17, 15) is 0 Å². The van der Waals surface area contributed by atoms with Crippen molar-refractivity contribution in [3.63, 3.8) is 0 Å². The molecule has 0 spiro atoms. The van der Waals surface area contributed by atoms with Crippen LogP contribution in [0, 0.1) is 0 Å². The third-order valence-corrected chi connectivity index (χ3v) is 1.80. The van der Waals surface area contributed by atoms with Crippen molar-refractivity contribution >= 4 is 18.9 Å². The van der Waals surface area contributed by atoms with Crippen molar-refractivity contribution in [3.05, 3.63) is 18.3 Å². The minimum Gasteiger partial charge on any atom is -0.491 e. The van der Waals surface area contributed by atoms with Crippen LogP contribution in [0.1, 0.15) is 12.6 Å². The first-order valence-electron chi connectivity index (χ1n) is 4.14. The zero-order valence-corrected chi connectivity index (χ0v) is 8.63. The highest BCUT2D eigenvalue weighted by Crippen LogP contribution is 2.24. The summed E-state index contributed by atoms with van der Waals surface area (Å²) in [5.74, 6) is 0.940. The van der Waals surface area contributed by atoms with E-state index < -0.39 is 0 Å². The highest BCUT2D eigenvalue weighted by molar-refractivity contribution is 6.34. The second-order valence-electron chi connectivity index (χ2n) is 2.92. The third-order valence-electron chi connectivity index (χ3n) is 1.80. The first-order valence-corrected chi connectivity index (χ1v) is 4.14. The van der Waals surface area contributed by atoms with E-state index >= 15 is 0 Å². The van der Waals surface area contributed by atoms with Gasteiger partial charge in [-0.05, 0) is 18.6 Å². The van der Waals surface area contributed by atoms with E-state index in [4.69, 9.17) is 17.3 Å². The van der Waals surface area contributed by atoms with Crippen molar-refractivity contribution in [2.45, 2.75) is 6.92 Å². The summed E-state index contributed by atoms with van der Waals surface area (Å²) in [6.07, 6.45) is 0. The minimum absolute atomic E-state index is 0.416. The van der Waals surface area contributed by atoms with Gasteiger partial charge in [-0.15, -0.1) is 0 Å². The third kappa shape index (κ3) is 1.89. The van der Waals surface area contributed by atoms with Gasteiger partial charge in [-0.25, -0.2) is 4.98 Å². The normalized spacial score (nSPS) is 9.64. The SMILES string of the molecule is [B]c1cc(OC)c(OC)nc1C(=C)C. The molecule has 3 nitrogen and oxygen atoms in total. The van der Waals surface area contributed by atoms with Crippen LogP contribution in [0.3, 0.4) is 0 Å². The lowest BCUT2D eigenvalue weighted by molar-refractivity contribution is 0.343. The molecule has 0 unspecified atom stereocenters. The molecule has 0 aliphatic carbocycles. The number of hydrogen-bond donors (Lipinski definition) is 0. The lowest BCUT2D eigenvalue weighted by Gasteiger charge is -2.11. The Morgan fingerprint density at radius 3 is 2.50 bits per heavy atom. The van der Waals surface area contributed by atoms with Gasteiger partial charge in [0.05, 0.1) is 19.9 Å². The second kappa shape index (κ2) is 4.18. The van der Waals surface area contributed by atoms with Crippen molar-refractivity contribution in [1.82, 2.24) is 4.98 Å². The highest BCUT2D eigenvalue weighted by atomic mass is 16.5. The molecule has 2 radical (unpaired) electrons. The Labute approximate surface area is 85.2 Å². The molecule has 72 valence electrons. The Bertz CT molecular complexity index is 363. The van der Waals surface area contributed by atoms with Gasteiger partial charge in [0, 0.05) is 0 Å². The van der Waals surface area contributed by atoms with Crippen molar-refractivity contribution in [1.29, 1.82) is 0 Å². The molecule has 1 rings (SSSR count). The highest BCUT2D eigenvalue weighted by Gasteiger charge is 2.09. The molecule has 0 bridgehead atoms. The Hall–Kier alpha value is -1.45. The predicted octanol–water partition coefficient (Wildman–Crippen LogP) is 0.926. The van der Waals surface area contributed by atoms with E-state index in [1.807, 2.05) is 6.92 Å². The van der Waals surface area contributed by atoms with Gasteiger partial charge < -0.3 is 9.47 Å². The lowest BCUT2D eigenvalue weighted by Crippen LogP contribution is -2.13. The number of rotatable bonds is 3. The molecule has 0 N–H and O–H groups in total. The predicted molar refractivity (Wildman–Crippen MR) is 57.4 cm³/mol. The van der Waals surface area contributed by atoms with Crippen LogP contribution in [0.15, 0.2) is 12.6 Å². The molecular weight excluding hydrogens is 177 g/mol. The molecule has 1 heterocycles. The van der Waals surface area contributed by atoms with Crippen molar-refractivity contribution in [3.8, 4) is 11.6 Å². The maximum Gasteiger partial charge on any atom is 0.257 e. The number of methoxy groups -OCH3 is 2. The zero-order chi connectivity index (χ0) is 10.7. The summed E-state index contributed by atoms with van der Waals surface area (Å²) in [7, 11) is 8.83. The van der Waals surface area contributed by atoms with Gasteiger partial charge in [-0.1, -0.05) is 12.0 Å². The molecule has 1 aromatic rings. The molecule has 14 heavy (non-hydrogen) atoms. The van der Waals surface area contributed by atoms with Crippen molar-refractivity contribution < 1.29 is 9.47 Å². The van der Waals surface area contributed by atoms with Crippen molar-refractivity contribution in [2.75, 3.05) is 14.2 Å². The Kier molecular flexibility index (Phi) is 3.17. The number of ether oxygens (including phenoxy) is 2. The minimum atomic E-state index is 0.416. The molecule has 0 amide bonds. The summed E-state index contributed by atoms with van der Waals surface area (Å²) >= 11 is 0. The topological polar surface area (TPSA) is 31.4 Å². The van der Waals surface area contributed by atoms with Crippen LogP contribution in [0.2, 0.25) is 0 Å². The lowest BCUT2D eigenvalue weighted by atomic mass is 9.91. The van der Waals surface area contributed by atoms with Gasteiger partial charge in [0.25, 0.3) is 5.88 Å². The van der Waals surface area contributed by atoms with Gasteiger partial charge in [-0.3, -0.25) is 0 Å². The molecule has 0 aliphatic heterocycles. The van der Waals surface area contributed by atoms with Gasteiger partial charge in [-0.2, -0.15) is 0 Å². The molecule has 0 saturated carbocycles. The first kappa shape index (κ1) is 10.6. The van der Waals surface area contributed by atoms with Crippen LogP contribution in [0.25, 0.3) is 5.57 Å². The monoisotopic (exact) mass is 189 g/mol. The summed E-state index contributed by atoms with van der Waals surface area (Å²) in [5, 5.41) is 0. The Morgan fingerprint density at radius 1 is 1.43 bits per heavy atom. The zero-order valence-electron chi connectivity index (χ0n) is 8.63. The van der Waals surface area contributed by atoms with Crippen LogP contribution in [0.4, 0.5) is 0 Å². The van der Waals surface area contributed by atoms with Crippen LogP contribution >= 0.6 is 0 Å². The second-order valence-corrected chi connectivity index (χ2v) is 2.92. The van der Waals surface area contributed by atoms with E-state index in [1.54, 1.807) is 13.2 Å². The maximum absolute atomic E-state index is 5.76. The van der Waals surface area contributed by atoms with E-state index in [0.29, 0.717) is 22.8 Å². The summed E-state index contributed by atoms with van der Waals surface area (Å²) in [6.45, 7) is 5.62. The fourth-order valence-corrected chi connectivity index (χ4v) is 1.13. The number of pyridine rings is 1. The van der Waals surface area contributed by atoms with Gasteiger partial charge in [0.1, 0.15) is 7.85 Å². The molecule has 0 aromatic carbocycles. The summed E-state index contributed by atoms with van der Waals surface area (Å²) in [4.78, 5) is 4.19. The first-order chi connectivity index (χ1) is 6.60. The number of allylic oxidation sites excluding steroid dienone is 1. The molecule has 4 heteroatoms. The molecule has 1 aromatic heterocycles. The molecule has 0 fully saturated rings. The van der Waals surface area contributed by atoms with Crippen LogP contribution in [-0.4, -0.2) is 27.0 Å². The van der Waals surface area contributed by atoms with E-state index in [0.717, 1.165) is 5.57 Å². The average Bonchev–Trinajstić information content (AvgIpc) is 2.16. The van der Waals surface area contributed by atoms with Gasteiger partial charge in [0.15, 0.2) is 5.75 Å². The van der Waals surface area contributed by atoms with E-state index in [-0.39, 0.29) is 0 Å². The number of hydrogen-bond acceptors (Lipinski definition) is 3. The van der Waals surface area contributed by atoms with E-state index in [2.05, 4.69) is 11.6 Å². The van der Waals surface area contributed by atoms with Crippen molar-refractivity contribution in [2.24, 2.45) is 0 Å². The average molecular weight is 189 g/mol.